The van der Waals surface area contributed by atoms with Crippen LogP contribution in [-0.2, 0) is 16.4 Å². The van der Waals surface area contributed by atoms with Gasteiger partial charge in [-0.2, -0.15) is 21.6 Å². The molecule has 0 saturated heterocycles. The Hall–Kier alpha value is -5.15. The summed E-state index contributed by atoms with van der Waals surface area (Å²) >= 11 is 0. The number of hydrogen-bond acceptors (Lipinski definition) is 4. The highest BCUT2D eigenvalue weighted by molar-refractivity contribution is 7.90. The molecule has 1 aliphatic rings. The van der Waals surface area contributed by atoms with E-state index in [1.165, 1.54) is 44.7 Å². The lowest BCUT2D eigenvalue weighted by atomic mass is 9.84. The fraction of sp³-hybridized carbons (Fsp3) is 0.298. The van der Waals surface area contributed by atoms with Gasteiger partial charge in [-0.1, -0.05) is 128 Å². The molecule has 5 nitrogen and oxygen atoms in total. The molecule has 6 rings (SSSR count). The van der Waals surface area contributed by atoms with Gasteiger partial charge in [0.25, 0.3) is 5.91 Å². The second-order valence-corrected chi connectivity index (χ2v) is 17.4. The van der Waals surface area contributed by atoms with Crippen LogP contribution in [0.4, 0.5) is 13.2 Å². The predicted molar refractivity (Wildman–Crippen MR) is 218 cm³/mol. The van der Waals surface area contributed by atoms with Gasteiger partial charge >= 0.3 is 15.5 Å². The van der Waals surface area contributed by atoms with Gasteiger partial charge in [-0.05, 0) is 110 Å². The zero-order chi connectivity index (χ0) is 40.7. The van der Waals surface area contributed by atoms with Crippen LogP contribution in [0, 0.1) is 0 Å². The molecule has 5 aromatic carbocycles. The summed E-state index contributed by atoms with van der Waals surface area (Å²) in [5.74, 6) is 0.785. The number of rotatable bonds is 10. The standard InChI is InChI=1S/C47H48F3NO4S/c1-27(2)33-15-11-16-34(28(3)4)41(33)23-31-19-21-39-43(25-31)55-44-26-32(24-42-35(29(5)6)17-12-18-36(42)30(7)8)20-22-40(44)45(39)37-13-9-10-14-38(37)46(52)51-56(53,54)47(48,49)50/h9-23,25-30H,24H2,1-8H3,(H,51,52)/b31-23+. The van der Waals surface area contributed by atoms with Crippen LogP contribution in [0.5, 0.6) is 11.5 Å². The van der Waals surface area contributed by atoms with E-state index in [2.05, 4.69) is 97.9 Å². The van der Waals surface area contributed by atoms with Gasteiger partial charge in [-0.3, -0.25) is 4.79 Å². The molecule has 0 spiro atoms. The summed E-state index contributed by atoms with van der Waals surface area (Å²) in [6.45, 7) is 17.4. The quantitative estimate of drug-likeness (QED) is 0.150. The first-order valence-corrected chi connectivity index (χ1v) is 20.5. The summed E-state index contributed by atoms with van der Waals surface area (Å²) < 4.78 is 72.3. The molecule has 292 valence electrons. The average Bonchev–Trinajstić information content (AvgIpc) is 3.12. The van der Waals surface area contributed by atoms with Crippen molar-refractivity contribution < 1.29 is 31.1 Å². The lowest BCUT2D eigenvalue weighted by Crippen LogP contribution is -2.40. The molecular formula is C47H48F3NO4S. The third-order valence-corrected chi connectivity index (χ3v) is 11.4. The molecule has 0 bridgehead atoms. The molecule has 0 aromatic heterocycles. The van der Waals surface area contributed by atoms with Crippen molar-refractivity contribution in [3.05, 3.63) is 163 Å². The number of carbonyl (C=O) groups is 1. The average molecular weight is 780 g/mol. The second kappa shape index (κ2) is 15.8. The van der Waals surface area contributed by atoms with E-state index in [1.807, 2.05) is 36.4 Å². The first-order valence-electron chi connectivity index (χ1n) is 19.0. The van der Waals surface area contributed by atoms with E-state index in [0.29, 0.717) is 46.1 Å². The third kappa shape index (κ3) is 8.05. The van der Waals surface area contributed by atoms with Crippen molar-refractivity contribution in [1.29, 1.82) is 0 Å². The molecule has 1 aliphatic heterocycles. The van der Waals surface area contributed by atoms with Crippen LogP contribution in [0.1, 0.15) is 139 Å². The molecule has 1 N–H and O–H groups in total. The first-order chi connectivity index (χ1) is 26.4. The van der Waals surface area contributed by atoms with Crippen LogP contribution in [-0.4, -0.2) is 19.8 Å². The molecule has 0 aliphatic carbocycles. The molecule has 9 heteroatoms. The van der Waals surface area contributed by atoms with Gasteiger partial charge in [-0.25, -0.2) is 4.72 Å². The molecule has 0 saturated carbocycles. The lowest BCUT2D eigenvalue weighted by molar-refractivity contribution is -0.0446. The smallest absolute Gasteiger partial charge is 0.456 e. The topological polar surface area (TPSA) is 72.5 Å². The van der Waals surface area contributed by atoms with Crippen molar-refractivity contribution in [3.8, 4) is 11.5 Å². The van der Waals surface area contributed by atoms with Gasteiger partial charge in [0.05, 0.1) is 0 Å². The lowest BCUT2D eigenvalue weighted by Gasteiger charge is -2.24. The molecule has 0 unspecified atom stereocenters. The Morgan fingerprint density at radius 2 is 1.25 bits per heavy atom. The molecule has 5 aromatic rings. The van der Waals surface area contributed by atoms with E-state index < -0.39 is 21.4 Å². The van der Waals surface area contributed by atoms with Crippen molar-refractivity contribution in [2.75, 3.05) is 0 Å². The normalized spacial score (nSPS) is 13.3. The van der Waals surface area contributed by atoms with Gasteiger partial charge in [0.1, 0.15) is 11.5 Å². The maximum Gasteiger partial charge on any atom is 0.516 e. The fourth-order valence-electron chi connectivity index (χ4n) is 7.63. The summed E-state index contributed by atoms with van der Waals surface area (Å²) in [6, 6.07) is 30.6. The molecule has 1 heterocycles. The number of fused-ring (bicyclic) bond motifs is 2. The van der Waals surface area contributed by atoms with Crippen LogP contribution in [0.25, 0.3) is 11.6 Å². The van der Waals surface area contributed by atoms with Crippen molar-refractivity contribution in [2.45, 2.75) is 91.0 Å². The Morgan fingerprint density at radius 1 is 0.679 bits per heavy atom. The van der Waals surface area contributed by atoms with E-state index in [9.17, 15) is 26.4 Å². The summed E-state index contributed by atoms with van der Waals surface area (Å²) in [4.78, 5) is 13.4. The zero-order valence-electron chi connectivity index (χ0n) is 33.0. The predicted octanol–water partition coefficient (Wildman–Crippen LogP) is 10.5. The third-order valence-electron chi connectivity index (χ3n) is 10.4. The maximum absolute atomic E-state index is 13.4. The second-order valence-electron chi connectivity index (χ2n) is 15.7. The van der Waals surface area contributed by atoms with Gasteiger partial charge in [0, 0.05) is 21.9 Å². The number of hydrogen-bond donors (Lipinski definition) is 1. The molecule has 56 heavy (non-hydrogen) atoms. The van der Waals surface area contributed by atoms with Crippen molar-refractivity contribution in [1.82, 2.24) is 4.72 Å². The Labute approximate surface area is 328 Å². The minimum absolute atomic E-state index is 0.228. The van der Waals surface area contributed by atoms with Crippen molar-refractivity contribution in [3.63, 3.8) is 0 Å². The fourth-order valence-corrected chi connectivity index (χ4v) is 8.10. The monoisotopic (exact) mass is 779 g/mol. The summed E-state index contributed by atoms with van der Waals surface area (Å²) in [7, 11) is -5.96. The van der Waals surface area contributed by atoms with Gasteiger partial charge < -0.3 is 4.74 Å². The Kier molecular flexibility index (Phi) is 11.4. The van der Waals surface area contributed by atoms with Gasteiger partial charge in [0.2, 0.25) is 0 Å². The molecule has 0 fully saturated rings. The van der Waals surface area contributed by atoms with Crippen LogP contribution < -0.4 is 19.9 Å². The Bertz CT molecular complexity index is 2500. The number of nitrogens with one attached hydrogen (secondary N) is 1. The maximum atomic E-state index is 13.4. The molecule has 0 atom stereocenters. The van der Waals surface area contributed by atoms with Gasteiger partial charge in [-0.15, -0.1) is 0 Å². The molecule has 0 radical (unpaired) electrons. The van der Waals surface area contributed by atoms with Crippen LogP contribution in [0.15, 0.2) is 97.1 Å². The summed E-state index contributed by atoms with van der Waals surface area (Å²) in [5.41, 5.74) is 3.87. The highest BCUT2D eigenvalue weighted by atomic mass is 32.2. The number of halogens is 3. The van der Waals surface area contributed by atoms with Gasteiger partial charge in [0.15, 0.2) is 0 Å². The van der Waals surface area contributed by atoms with Crippen LogP contribution in [0.3, 0.4) is 0 Å². The largest absolute Gasteiger partial charge is 0.516 e. The summed E-state index contributed by atoms with van der Waals surface area (Å²) in [6.07, 6.45) is 2.80. The zero-order valence-corrected chi connectivity index (χ0v) is 33.8. The number of alkyl halides is 3. The van der Waals surface area contributed by atoms with Crippen molar-refractivity contribution >= 4 is 27.6 Å². The highest BCUT2D eigenvalue weighted by Gasteiger charge is 2.47. The number of benzene rings is 5. The first kappa shape index (κ1) is 40.5. The minimum Gasteiger partial charge on any atom is -0.456 e. The van der Waals surface area contributed by atoms with Crippen LogP contribution in [0.2, 0.25) is 0 Å². The molecular weight excluding hydrogens is 732 g/mol. The van der Waals surface area contributed by atoms with E-state index in [1.54, 1.807) is 12.1 Å². The molecule has 1 amide bonds. The number of amides is 1. The van der Waals surface area contributed by atoms with Crippen LogP contribution >= 0.6 is 0 Å². The van der Waals surface area contributed by atoms with E-state index in [-0.39, 0.29) is 23.0 Å². The number of ether oxygens (including phenoxy) is 1. The number of carbonyl (C=O) groups excluding carboxylic acids is 1. The van der Waals surface area contributed by atoms with E-state index in [0.717, 1.165) is 16.3 Å². The van der Waals surface area contributed by atoms with E-state index in [4.69, 9.17) is 4.74 Å². The van der Waals surface area contributed by atoms with Crippen molar-refractivity contribution in [2.24, 2.45) is 0 Å². The minimum atomic E-state index is -5.96. The Balaban J connectivity index is 1.58. The highest BCUT2D eigenvalue weighted by Crippen LogP contribution is 2.39. The SMILES string of the molecule is CC(C)c1cccc(C(C)C)c1/C=c1\ccc2c(c1)Oc1cc(Cc3c(C(C)C)cccc3C(C)C)ccc1C=2c1ccccc1C(=O)NS(=O)(=O)C(F)(F)F. The Morgan fingerprint density at radius 3 is 1.82 bits per heavy atom. The van der Waals surface area contributed by atoms with E-state index >= 15 is 0 Å². The summed E-state index contributed by atoms with van der Waals surface area (Å²) in [5, 5.41) is 1.49. The number of sulfonamides is 1.